The van der Waals surface area contributed by atoms with Gasteiger partial charge in [0.05, 0.1) is 6.54 Å². The summed E-state index contributed by atoms with van der Waals surface area (Å²) in [5.41, 5.74) is 1.83. The molecule has 0 aliphatic carbocycles. The first kappa shape index (κ1) is 8.35. The molecule has 0 unspecified atom stereocenters. The number of carbonyl (C=O) groups excluding carboxylic acids is 1. The van der Waals surface area contributed by atoms with Crippen LogP contribution >= 0.6 is 0 Å². The number of aldehydes is 1. The lowest BCUT2D eigenvalue weighted by atomic mass is 10.1. The Balaban J connectivity index is 2.29. The molecule has 4 heteroatoms. The number of rotatable bonds is 1. The van der Waals surface area contributed by atoms with Crippen molar-refractivity contribution in [1.82, 2.24) is 9.55 Å². The van der Waals surface area contributed by atoms with Gasteiger partial charge in [-0.05, 0) is 5.56 Å². The summed E-state index contributed by atoms with van der Waals surface area (Å²) >= 11 is 0. The zero-order valence-corrected chi connectivity index (χ0v) is 7.77. The molecule has 2 heterocycles. The van der Waals surface area contributed by atoms with E-state index < -0.39 is 5.95 Å². The van der Waals surface area contributed by atoms with Crippen molar-refractivity contribution in [3.8, 4) is 11.4 Å². The van der Waals surface area contributed by atoms with Gasteiger partial charge >= 0.3 is 0 Å². The topological polar surface area (TPSA) is 34.9 Å². The summed E-state index contributed by atoms with van der Waals surface area (Å²) < 4.78 is 15.0. The van der Waals surface area contributed by atoms with Gasteiger partial charge in [0.15, 0.2) is 12.0 Å². The maximum atomic E-state index is 13.6. The number of hydrogen-bond acceptors (Lipinski definition) is 2. The van der Waals surface area contributed by atoms with Gasteiger partial charge in [0.2, 0.25) is 5.95 Å². The van der Waals surface area contributed by atoms with Gasteiger partial charge in [0.25, 0.3) is 0 Å². The number of carbonyl (C=O) groups is 1. The first-order chi connectivity index (χ1) is 7.31. The second-order valence-electron chi connectivity index (χ2n) is 3.47. The Morgan fingerprint density at radius 1 is 1.40 bits per heavy atom. The molecular weight excluding hydrogens is 195 g/mol. The molecule has 3 nitrogen and oxygen atoms in total. The number of imidazole rings is 1. The summed E-state index contributed by atoms with van der Waals surface area (Å²) in [5, 5.41) is 0. The van der Waals surface area contributed by atoms with Gasteiger partial charge in [-0.3, -0.25) is 9.36 Å². The molecule has 15 heavy (non-hydrogen) atoms. The van der Waals surface area contributed by atoms with Crippen LogP contribution in [0.25, 0.3) is 11.4 Å². The summed E-state index contributed by atoms with van der Waals surface area (Å²) in [7, 11) is 0. The van der Waals surface area contributed by atoms with Gasteiger partial charge in [0.1, 0.15) is 5.82 Å². The number of nitrogens with zero attached hydrogens (tertiary/aromatic N) is 2. The standard InChI is InChI=1S/C11H7FN2O/c12-10-9(6-15)13-11-8-4-2-1-3-7(8)5-14(10)11/h1-4,6H,5H2. The fraction of sp³-hybridized carbons (Fsp3) is 0.0909. The van der Waals surface area contributed by atoms with E-state index in [2.05, 4.69) is 4.98 Å². The predicted molar refractivity (Wildman–Crippen MR) is 52.1 cm³/mol. The van der Waals surface area contributed by atoms with Crippen LogP contribution in [0.3, 0.4) is 0 Å². The highest BCUT2D eigenvalue weighted by atomic mass is 19.1. The Labute approximate surface area is 85.2 Å². The van der Waals surface area contributed by atoms with Gasteiger partial charge in [-0.1, -0.05) is 24.3 Å². The lowest BCUT2D eigenvalue weighted by Crippen LogP contribution is -1.98. The van der Waals surface area contributed by atoms with Crippen molar-refractivity contribution in [2.45, 2.75) is 6.54 Å². The van der Waals surface area contributed by atoms with Crippen LogP contribution in [0.5, 0.6) is 0 Å². The van der Waals surface area contributed by atoms with Crippen molar-refractivity contribution in [3.63, 3.8) is 0 Å². The normalized spacial score (nSPS) is 12.3. The molecule has 3 rings (SSSR count). The van der Waals surface area contributed by atoms with Crippen LogP contribution in [-0.4, -0.2) is 15.8 Å². The monoisotopic (exact) mass is 202 g/mol. The maximum Gasteiger partial charge on any atom is 0.225 e. The lowest BCUT2D eigenvalue weighted by Gasteiger charge is -1.95. The smallest absolute Gasteiger partial charge is 0.225 e. The summed E-state index contributed by atoms with van der Waals surface area (Å²) in [5.74, 6) is 0.00130. The minimum Gasteiger partial charge on any atom is -0.296 e. The fourth-order valence-corrected chi connectivity index (χ4v) is 1.92. The molecule has 1 aliphatic rings. The molecular formula is C11H7FN2O. The third kappa shape index (κ3) is 0.986. The third-order valence-electron chi connectivity index (χ3n) is 2.63. The average Bonchev–Trinajstić information content (AvgIpc) is 2.76. The molecule has 0 spiro atoms. The van der Waals surface area contributed by atoms with Crippen LogP contribution in [0.1, 0.15) is 16.1 Å². The average molecular weight is 202 g/mol. The molecule has 2 aromatic rings. The first-order valence-electron chi connectivity index (χ1n) is 4.60. The molecule has 0 N–H and O–H groups in total. The van der Waals surface area contributed by atoms with Crippen molar-refractivity contribution in [3.05, 3.63) is 41.5 Å². The Kier molecular flexibility index (Phi) is 1.54. The second kappa shape index (κ2) is 2.76. The SMILES string of the molecule is O=Cc1nc2n(c1F)Cc1ccccc1-2. The maximum absolute atomic E-state index is 13.6. The summed E-state index contributed by atoms with van der Waals surface area (Å²) in [6.45, 7) is 0.457. The largest absolute Gasteiger partial charge is 0.296 e. The van der Waals surface area contributed by atoms with E-state index in [1.807, 2.05) is 24.3 Å². The fourth-order valence-electron chi connectivity index (χ4n) is 1.92. The van der Waals surface area contributed by atoms with Gasteiger partial charge in [-0.2, -0.15) is 4.39 Å². The Bertz CT molecular complexity index is 560. The zero-order chi connectivity index (χ0) is 10.4. The lowest BCUT2D eigenvalue weighted by molar-refractivity contribution is 0.111. The van der Waals surface area contributed by atoms with E-state index in [9.17, 15) is 9.18 Å². The number of fused-ring (bicyclic) bond motifs is 3. The molecule has 0 amide bonds. The first-order valence-corrected chi connectivity index (χ1v) is 4.60. The van der Waals surface area contributed by atoms with Crippen molar-refractivity contribution in [1.29, 1.82) is 0 Å². The Morgan fingerprint density at radius 3 is 3.00 bits per heavy atom. The van der Waals surface area contributed by atoms with E-state index in [0.717, 1.165) is 11.1 Å². The predicted octanol–water partition coefficient (Wildman–Crippen LogP) is 1.86. The van der Waals surface area contributed by atoms with E-state index in [4.69, 9.17) is 0 Å². The molecule has 1 aliphatic heterocycles. The molecule has 0 radical (unpaired) electrons. The summed E-state index contributed by atoms with van der Waals surface area (Å²) in [6.07, 6.45) is 0.448. The minimum atomic E-state index is -0.545. The van der Waals surface area contributed by atoms with Crippen molar-refractivity contribution >= 4 is 6.29 Å². The number of aromatic nitrogens is 2. The molecule has 0 bridgehead atoms. The number of halogens is 1. The quantitative estimate of drug-likeness (QED) is 0.564. The van der Waals surface area contributed by atoms with Crippen LogP contribution < -0.4 is 0 Å². The van der Waals surface area contributed by atoms with Crippen LogP contribution in [0.4, 0.5) is 4.39 Å². The number of benzene rings is 1. The molecule has 0 fully saturated rings. The van der Waals surface area contributed by atoms with Gasteiger partial charge < -0.3 is 0 Å². The molecule has 1 aromatic carbocycles. The van der Waals surface area contributed by atoms with Crippen molar-refractivity contribution in [2.75, 3.05) is 0 Å². The van der Waals surface area contributed by atoms with Crippen LogP contribution in [0.2, 0.25) is 0 Å². The van der Waals surface area contributed by atoms with Gasteiger partial charge in [-0.25, -0.2) is 4.98 Å². The summed E-state index contributed by atoms with van der Waals surface area (Å²) in [4.78, 5) is 14.5. The van der Waals surface area contributed by atoms with E-state index in [0.29, 0.717) is 18.7 Å². The molecule has 74 valence electrons. The van der Waals surface area contributed by atoms with Crippen LogP contribution in [0, 0.1) is 5.95 Å². The highest BCUT2D eigenvalue weighted by Gasteiger charge is 2.25. The van der Waals surface area contributed by atoms with Crippen LogP contribution in [0.15, 0.2) is 24.3 Å². The number of hydrogen-bond donors (Lipinski definition) is 0. The van der Waals surface area contributed by atoms with Gasteiger partial charge in [-0.15, -0.1) is 0 Å². The van der Waals surface area contributed by atoms with E-state index in [1.165, 1.54) is 4.57 Å². The van der Waals surface area contributed by atoms with Crippen molar-refractivity contribution in [2.24, 2.45) is 0 Å². The van der Waals surface area contributed by atoms with E-state index in [-0.39, 0.29) is 5.69 Å². The summed E-state index contributed by atoms with van der Waals surface area (Å²) in [6, 6.07) is 7.60. The van der Waals surface area contributed by atoms with Gasteiger partial charge in [0, 0.05) is 5.56 Å². The van der Waals surface area contributed by atoms with E-state index >= 15 is 0 Å². The molecule has 0 atom stereocenters. The molecule has 1 aromatic heterocycles. The van der Waals surface area contributed by atoms with Crippen molar-refractivity contribution < 1.29 is 9.18 Å². The molecule has 0 saturated carbocycles. The van der Waals surface area contributed by atoms with Crippen LogP contribution in [-0.2, 0) is 6.54 Å². The molecule has 0 saturated heterocycles. The second-order valence-corrected chi connectivity index (χ2v) is 3.47. The van der Waals surface area contributed by atoms with E-state index in [1.54, 1.807) is 0 Å². The zero-order valence-electron chi connectivity index (χ0n) is 7.77. The highest BCUT2D eigenvalue weighted by molar-refractivity contribution is 5.76. The third-order valence-corrected chi connectivity index (χ3v) is 2.63. The Hall–Kier alpha value is -1.97. The Morgan fingerprint density at radius 2 is 2.20 bits per heavy atom. The minimum absolute atomic E-state index is 0.112. The highest BCUT2D eigenvalue weighted by Crippen LogP contribution is 2.31.